The average Bonchev–Trinajstić information content (AvgIpc) is 3.69. The van der Waals surface area contributed by atoms with Gasteiger partial charge in [0.2, 0.25) is 0 Å². The number of rotatable bonds is 8. The standard InChI is InChI=1S/C63H43N/c1-4-19-44(20-5-1)46-39-41-52(42-40-46)64(60-36-18-34-58-62(60)56-30-14-15-33-57(56)63(58,50-25-6-2-7-26-50)51-27-8-3-9-28-51)59-35-17-32-55(54-31-16-24-47-22-12-13-29-53(47)54)61(59)49-38-37-45-21-10-11-23-48(45)43-49/h1-43H. The molecule has 0 atom stereocenters. The summed E-state index contributed by atoms with van der Waals surface area (Å²) in [5.41, 5.74) is 17.4. The molecule has 0 saturated carbocycles. The summed E-state index contributed by atoms with van der Waals surface area (Å²) in [5.74, 6) is 0. The van der Waals surface area contributed by atoms with Gasteiger partial charge in [-0.3, -0.25) is 0 Å². The fourth-order valence-electron chi connectivity index (χ4n) is 10.6. The lowest BCUT2D eigenvalue weighted by molar-refractivity contribution is 0.768. The molecule has 0 unspecified atom stereocenters. The molecule has 0 aromatic heterocycles. The molecule has 0 aliphatic heterocycles. The Hall–Kier alpha value is -8.26. The quantitative estimate of drug-likeness (QED) is 0.148. The van der Waals surface area contributed by atoms with Gasteiger partial charge in [-0.15, -0.1) is 0 Å². The van der Waals surface area contributed by atoms with Crippen LogP contribution in [0, 0.1) is 0 Å². The van der Waals surface area contributed by atoms with Gasteiger partial charge in [0.25, 0.3) is 0 Å². The van der Waals surface area contributed by atoms with E-state index >= 15 is 0 Å². The lowest BCUT2D eigenvalue weighted by atomic mass is 9.68. The maximum atomic E-state index is 2.54. The molecule has 0 fully saturated rings. The number of nitrogens with zero attached hydrogens (tertiary/aromatic N) is 1. The molecule has 0 spiro atoms. The van der Waals surface area contributed by atoms with E-state index in [1.54, 1.807) is 0 Å². The highest BCUT2D eigenvalue weighted by Gasteiger charge is 2.47. The van der Waals surface area contributed by atoms with Crippen molar-refractivity contribution in [1.29, 1.82) is 0 Å². The van der Waals surface area contributed by atoms with Crippen molar-refractivity contribution in [3.05, 3.63) is 283 Å². The molecule has 0 bridgehead atoms. The van der Waals surface area contributed by atoms with Gasteiger partial charge in [0.15, 0.2) is 0 Å². The minimum absolute atomic E-state index is 0.542. The van der Waals surface area contributed by atoms with E-state index in [1.807, 2.05) is 0 Å². The van der Waals surface area contributed by atoms with E-state index in [0.29, 0.717) is 0 Å². The van der Waals surface area contributed by atoms with Crippen LogP contribution in [0.5, 0.6) is 0 Å². The number of hydrogen-bond acceptors (Lipinski definition) is 1. The zero-order valence-corrected chi connectivity index (χ0v) is 35.3. The van der Waals surface area contributed by atoms with E-state index in [2.05, 4.69) is 266 Å². The highest BCUT2D eigenvalue weighted by molar-refractivity contribution is 6.07. The Kier molecular flexibility index (Phi) is 9.13. The molecule has 0 heterocycles. The monoisotopic (exact) mass is 813 g/mol. The Bertz CT molecular complexity index is 3440. The molecule has 300 valence electrons. The normalized spacial score (nSPS) is 12.5. The third kappa shape index (κ3) is 6.01. The van der Waals surface area contributed by atoms with Crippen molar-refractivity contribution in [2.24, 2.45) is 0 Å². The Morgan fingerprint density at radius 3 is 1.53 bits per heavy atom. The average molecular weight is 814 g/mol. The summed E-state index contributed by atoms with van der Waals surface area (Å²) < 4.78 is 0. The molecule has 1 aliphatic rings. The molecular formula is C63H43N. The second-order valence-electron chi connectivity index (χ2n) is 16.8. The summed E-state index contributed by atoms with van der Waals surface area (Å²) in [7, 11) is 0. The van der Waals surface area contributed by atoms with Crippen molar-refractivity contribution in [2.45, 2.75) is 5.41 Å². The Labute approximate surface area is 374 Å². The second-order valence-corrected chi connectivity index (χ2v) is 16.8. The minimum atomic E-state index is -0.542. The van der Waals surface area contributed by atoms with Gasteiger partial charge in [-0.2, -0.15) is 0 Å². The fourth-order valence-corrected chi connectivity index (χ4v) is 10.6. The fraction of sp³-hybridized carbons (Fsp3) is 0.0159. The van der Waals surface area contributed by atoms with Gasteiger partial charge >= 0.3 is 0 Å². The highest BCUT2D eigenvalue weighted by atomic mass is 15.1. The van der Waals surface area contributed by atoms with Gasteiger partial charge < -0.3 is 4.90 Å². The second kappa shape index (κ2) is 15.6. The molecule has 12 rings (SSSR count). The molecule has 1 heteroatoms. The topological polar surface area (TPSA) is 3.24 Å². The van der Waals surface area contributed by atoms with E-state index in [4.69, 9.17) is 0 Å². The van der Waals surface area contributed by atoms with E-state index in [9.17, 15) is 0 Å². The van der Waals surface area contributed by atoms with Crippen LogP contribution in [0.25, 0.3) is 66.1 Å². The van der Waals surface area contributed by atoms with Crippen molar-refractivity contribution in [2.75, 3.05) is 4.90 Å². The predicted octanol–water partition coefficient (Wildman–Crippen LogP) is 16.8. The van der Waals surface area contributed by atoms with Crippen molar-refractivity contribution < 1.29 is 0 Å². The van der Waals surface area contributed by atoms with Gasteiger partial charge in [-0.1, -0.05) is 231 Å². The van der Waals surface area contributed by atoms with Crippen LogP contribution in [0.1, 0.15) is 22.3 Å². The third-order valence-electron chi connectivity index (χ3n) is 13.3. The highest BCUT2D eigenvalue weighted by Crippen LogP contribution is 2.60. The smallest absolute Gasteiger partial charge is 0.0714 e. The number of hydrogen-bond donors (Lipinski definition) is 0. The Morgan fingerprint density at radius 1 is 0.281 bits per heavy atom. The Morgan fingerprint density at radius 2 is 0.781 bits per heavy atom. The number of anilines is 3. The zero-order valence-electron chi connectivity index (χ0n) is 35.3. The molecule has 11 aromatic carbocycles. The van der Waals surface area contributed by atoms with Crippen LogP contribution in [-0.4, -0.2) is 0 Å². The summed E-state index contributed by atoms with van der Waals surface area (Å²) in [6.07, 6.45) is 0. The summed E-state index contributed by atoms with van der Waals surface area (Å²) in [6, 6.07) is 96.1. The van der Waals surface area contributed by atoms with E-state index in [0.717, 1.165) is 17.1 Å². The van der Waals surface area contributed by atoms with Crippen LogP contribution in [0.15, 0.2) is 261 Å². The van der Waals surface area contributed by atoms with E-state index in [-0.39, 0.29) is 0 Å². The molecular weight excluding hydrogens is 771 g/mol. The van der Waals surface area contributed by atoms with Gasteiger partial charge in [0, 0.05) is 16.8 Å². The van der Waals surface area contributed by atoms with Crippen molar-refractivity contribution >= 4 is 38.6 Å². The maximum Gasteiger partial charge on any atom is 0.0714 e. The lowest BCUT2D eigenvalue weighted by Crippen LogP contribution is -2.28. The zero-order chi connectivity index (χ0) is 42.5. The molecule has 11 aromatic rings. The molecule has 0 amide bonds. The van der Waals surface area contributed by atoms with Gasteiger partial charge in [0.05, 0.1) is 16.8 Å². The summed E-state index contributed by atoms with van der Waals surface area (Å²) >= 11 is 0. The van der Waals surface area contributed by atoms with Crippen LogP contribution in [0.4, 0.5) is 17.1 Å². The first kappa shape index (κ1) is 37.5. The molecule has 0 radical (unpaired) electrons. The van der Waals surface area contributed by atoms with E-state index < -0.39 is 5.41 Å². The first-order chi connectivity index (χ1) is 31.8. The molecule has 64 heavy (non-hydrogen) atoms. The molecule has 1 aliphatic carbocycles. The molecule has 0 N–H and O–H groups in total. The first-order valence-electron chi connectivity index (χ1n) is 22.2. The van der Waals surface area contributed by atoms with E-state index in [1.165, 1.54) is 88.3 Å². The summed E-state index contributed by atoms with van der Waals surface area (Å²) in [4.78, 5) is 2.54. The number of fused-ring (bicyclic) bond motifs is 5. The number of benzene rings is 11. The maximum absolute atomic E-state index is 2.54. The van der Waals surface area contributed by atoms with Gasteiger partial charge in [-0.05, 0) is 108 Å². The minimum Gasteiger partial charge on any atom is -0.309 e. The third-order valence-corrected chi connectivity index (χ3v) is 13.3. The molecule has 1 nitrogen and oxygen atoms in total. The summed E-state index contributed by atoms with van der Waals surface area (Å²) in [5, 5.41) is 4.88. The van der Waals surface area contributed by atoms with Crippen LogP contribution >= 0.6 is 0 Å². The van der Waals surface area contributed by atoms with Crippen LogP contribution in [0.3, 0.4) is 0 Å². The Balaban J connectivity index is 1.19. The summed E-state index contributed by atoms with van der Waals surface area (Å²) in [6.45, 7) is 0. The SMILES string of the molecule is c1ccc(-c2ccc(N(c3cccc(-c4cccc5ccccc45)c3-c3ccc4ccccc4c3)c3cccc4c3-c3ccccc3C4(c3ccccc3)c3ccccc3)cc2)cc1. The lowest BCUT2D eigenvalue weighted by Gasteiger charge is -2.35. The largest absolute Gasteiger partial charge is 0.309 e. The molecule has 0 saturated heterocycles. The van der Waals surface area contributed by atoms with Crippen LogP contribution in [0.2, 0.25) is 0 Å². The van der Waals surface area contributed by atoms with Crippen LogP contribution < -0.4 is 4.90 Å². The van der Waals surface area contributed by atoms with Gasteiger partial charge in [0.1, 0.15) is 0 Å². The van der Waals surface area contributed by atoms with Crippen LogP contribution in [-0.2, 0) is 5.41 Å². The first-order valence-corrected chi connectivity index (χ1v) is 22.2. The van der Waals surface area contributed by atoms with Crippen molar-refractivity contribution in [3.8, 4) is 44.5 Å². The predicted molar refractivity (Wildman–Crippen MR) is 270 cm³/mol. The van der Waals surface area contributed by atoms with Crippen molar-refractivity contribution in [1.82, 2.24) is 0 Å². The van der Waals surface area contributed by atoms with Gasteiger partial charge in [-0.25, -0.2) is 0 Å². The van der Waals surface area contributed by atoms with Crippen molar-refractivity contribution in [3.63, 3.8) is 0 Å².